The molecule has 0 aromatic rings. The summed E-state index contributed by atoms with van der Waals surface area (Å²) < 4.78 is 0. The van der Waals surface area contributed by atoms with Crippen LogP contribution in [0.15, 0.2) is 24.5 Å². The molecule has 0 saturated heterocycles. The van der Waals surface area contributed by atoms with E-state index in [2.05, 4.69) is 6.58 Å². The van der Waals surface area contributed by atoms with E-state index in [1.54, 1.807) is 12.2 Å². The van der Waals surface area contributed by atoms with Crippen LogP contribution in [0.5, 0.6) is 0 Å². The maximum atomic E-state index is 8.84. The van der Waals surface area contributed by atoms with Crippen LogP contribution in [0.4, 0.5) is 0 Å². The van der Waals surface area contributed by atoms with Gasteiger partial charge in [-0.1, -0.05) is 19.6 Å². The first-order chi connectivity index (χ1) is 3.81. The lowest BCUT2D eigenvalue weighted by Crippen LogP contribution is -1.76. The minimum Gasteiger partial charge on any atom is -0.512 e. The fourth-order valence-corrected chi connectivity index (χ4v) is 0.476. The van der Waals surface area contributed by atoms with E-state index in [0.717, 1.165) is 12.8 Å². The fourth-order valence-electron chi connectivity index (χ4n) is 0.476. The first-order valence-electron chi connectivity index (χ1n) is 2.81. The second-order valence-electron chi connectivity index (χ2n) is 1.64. The van der Waals surface area contributed by atoms with Crippen LogP contribution in [-0.2, 0) is 0 Å². The quantitative estimate of drug-likeness (QED) is 0.439. The van der Waals surface area contributed by atoms with Gasteiger partial charge in [-0.05, 0) is 12.5 Å². The van der Waals surface area contributed by atoms with Crippen molar-refractivity contribution in [2.75, 3.05) is 0 Å². The van der Waals surface area contributed by atoms with Crippen molar-refractivity contribution in [2.45, 2.75) is 19.8 Å². The molecule has 0 bridgehead atoms. The van der Waals surface area contributed by atoms with Gasteiger partial charge in [0.2, 0.25) is 0 Å². The standard InChI is InChI=1S/C7H12O/c1-3-5-7(8)6-4-2/h3,5,8H,1,4,6H2,2H3/b7-5+. The maximum absolute atomic E-state index is 8.84. The number of aliphatic hydroxyl groups excluding tert-OH is 1. The lowest BCUT2D eigenvalue weighted by molar-refractivity contribution is 0.387. The SMILES string of the molecule is C=C/C=C(/O)CCC. The molecule has 0 aromatic carbocycles. The molecule has 0 fully saturated rings. The lowest BCUT2D eigenvalue weighted by atomic mass is 10.3. The van der Waals surface area contributed by atoms with Crippen molar-refractivity contribution in [1.82, 2.24) is 0 Å². The first-order valence-corrected chi connectivity index (χ1v) is 2.81. The van der Waals surface area contributed by atoms with Gasteiger partial charge in [-0.2, -0.15) is 0 Å². The Balaban J connectivity index is 3.44. The zero-order valence-electron chi connectivity index (χ0n) is 5.22. The van der Waals surface area contributed by atoms with Crippen LogP contribution in [0.25, 0.3) is 0 Å². The molecule has 0 unspecified atom stereocenters. The average Bonchev–Trinajstić information content (AvgIpc) is 1.68. The Hall–Kier alpha value is -0.720. The molecule has 0 spiro atoms. The predicted octanol–water partition coefficient (Wildman–Crippen LogP) is 2.41. The Kier molecular flexibility index (Phi) is 4.04. The molecule has 0 saturated carbocycles. The Labute approximate surface area is 50.3 Å². The molecule has 1 heteroatoms. The van der Waals surface area contributed by atoms with Crippen molar-refractivity contribution in [1.29, 1.82) is 0 Å². The zero-order valence-corrected chi connectivity index (χ0v) is 5.22. The molecule has 46 valence electrons. The van der Waals surface area contributed by atoms with Crippen LogP contribution >= 0.6 is 0 Å². The lowest BCUT2D eigenvalue weighted by Gasteiger charge is -1.90. The van der Waals surface area contributed by atoms with E-state index in [1.807, 2.05) is 6.92 Å². The van der Waals surface area contributed by atoms with Crippen molar-refractivity contribution < 1.29 is 5.11 Å². The van der Waals surface area contributed by atoms with Gasteiger partial charge in [-0.3, -0.25) is 0 Å². The van der Waals surface area contributed by atoms with Crippen LogP contribution < -0.4 is 0 Å². The minimum atomic E-state index is 0.419. The molecule has 0 rings (SSSR count). The van der Waals surface area contributed by atoms with E-state index < -0.39 is 0 Å². The number of aliphatic hydroxyl groups is 1. The molecule has 8 heavy (non-hydrogen) atoms. The van der Waals surface area contributed by atoms with Gasteiger partial charge >= 0.3 is 0 Å². The Morgan fingerprint density at radius 1 is 1.75 bits per heavy atom. The maximum Gasteiger partial charge on any atom is 0.0922 e. The summed E-state index contributed by atoms with van der Waals surface area (Å²) in [5, 5.41) is 8.84. The van der Waals surface area contributed by atoms with Gasteiger partial charge in [0, 0.05) is 6.42 Å². The smallest absolute Gasteiger partial charge is 0.0922 e. The fraction of sp³-hybridized carbons (Fsp3) is 0.429. The molecule has 0 heterocycles. The van der Waals surface area contributed by atoms with E-state index in [9.17, 15) is 0 Å². The number of allylic oxidation sites excluding steroid dienone is 3. The Morgan fingerprint density at radius 3 is 2.75 bits per heavy atom. The van der Waals surface area contributed by atoms with E-state index >= 15 is 0 Å². The van der Waals surface area contributed by atoms with Gasteiger partial charge in [0.15, 0.2) is 0 Å². The van der Waals surface area contributed by atoms with Crippen LogP contribution in [0.3, 0.4) is 0 Å². The molecule has 0 atom stereocenters. The molecular weight excluding hydrogens is 100 g/mol. The molecule has 0 amide bonds. The van der Waals surface area contributed by atoms with Crippen molar-refractivity contribution >= 4 is 0 Å². The normalized spacial score (nSPS) is 11.4. The summed E-state index contributed by atoms with van der Waals surface area (Å²) in [6.45, 7) is 5.47. The summed E-state index contributed by atoms with van der Waals surface area (Å²) in [5.41, 5.74) is 0. The molecule has 0 radical (unpaired) electrons. The van der Waals surface area contributed by atoms with E-state index in [1.165, 1.54) is 0 Å². The van der Waals surface area contributed by atoms with Gasteiger partial charge < -0.3 is 5.11 Å². The van der Waals surface area contributed by atoms with Crippen molar-refractivity contribution in [3.8, 4) is 0 Å². The summed E-state index contributed by atoms with van der Waals surface area (Å²) in [6, 6.07) is 0. The van der Waals surface area contributed by atoms with Crippen LogP contribution in [0, 0.1) is 0 Å². The minimum absolute atomic E-state index is 0.419. The second kappa shape index (κ2) is 4.44. The van der Waals surface area contributed by atoms with Crippen molar-refractivity contribution in [2.24, 2.45) is 0 Å². The molecular formula is C7H12O. The van der Waals surface area contributed by atoms with Crippen molar-refractivity contribution in [3.05, 3.63) is 24.5 Å². The summed E-state index contributed by atoms with van der Waals surface area (Å²) in [6.07, 6.45) is 4.94. The molecule has 1 N–H and O–H groups in total. The highest BCUT2D eigenvalue weighted by Crippen LogP contribution is 1.98. The highest BCUT2D eigenvalue weighted by atomic mass is 16.3. The highest BCUT2D eigenvalue weighted by Gasteiger charge is 1.84. The molecule has 0 aromatic heterocycles. The van der Waals surface area contributed by atoms with Gasteiger partial charge in [0.1, 0.15) is 0 Å². The van der Waals surface area contributed by atoms with Gasteiger partial charge in [0.25, 0.3) is 0 Å². The number of hydrogen-bond donors (Lipinski definition) is 1. The summed E-state index contributed by atoms with van der Waals surface area (Å²) in [7, 11) is 0. The topological polar surface area (TPSA) is 20.2 Å². The highest BCUT2D eigenvalue weighted by molar-refractivity contribution is 5.02. The largest absolute Gasteiger partial charge is 0.512 e. The van der Waals surface area contributed by atoms with Crippen LogP contribution in [0.2, 0.25) is 0 Å². The summed E-state index contributed by atoms with van der Waals surface area (Å²) in [5.74, 6) is 0.419. The number of rotatable bonds is 3. The second-order valence-corrected chi connectivity index (χ2v) is 1.64. The molecule has 0 aliphatic heterocycles. The Morgan fingerprint density at radius 2 is 2.38 bits per heavy atom. The van der Waals surface area contributed by atoms with E-state index in [0.29, 0.717) is 5.76 Å². The monoisotopic (exact) mass is 112 g/mol. The predicted molar refractivity (Wildman–Crippen MR) is 35.8 cm³/mol. The van der Waals surface area contributed by atoms with Crippen LogP contribution in [-0.4, -0.2) is 5.11 Å². The summed E-state index contributed by atoms with van der Waals surface area (Å²) >= 11 is 0. The molecule has 0 aliphatic carbocycles. The van der Waals surface area contributed by atoms with Gasteiger partial charge in [0.05, 0.1) is 5.76 Å². The third-order valence-corrected chi connectivity index (χ3v) is 0.816. The third kappa shape index (κ3) is 3.47. The van der Waals surface area contributed by atoms with Gasteiger partial charge in [-0.25, -0.2) is 0 Å². The van der Waals surface area contributed by atoms with E-state index in [4.69, 9.17) is 5.11 Å². The van der Waals surface area contributed by atoms with Gasteiger partial charge in [-0.15, -0.1) is 0 Å². The third-order valence-electron chi connectivity index (χ3n) is 0.816. The zero-order chi connectivity index (χ0) is 6.41. The molecule has 1 nitrogen and oxygen atoms in total. The Bertz CT molecular complexity index is 92.6. The van der Waals surface area contributed by atoms with E-state index in [-0.39, 0.29) is 0 Å². The average molecular weight is 112 g/mol. The number of hydrogen-bond acceptors (Lipinski definition) is 1. The summed E-state index contributed by atoms with van der Waals surface area (Å²) in [4.78, 5) is 0. The first kappa shape index (κ1) is 7.28. The van der Waals surface area contributed by atoms with Crippen LogP contribution in [0.1, 0.15) is 19.8 Å². The molecule has 0 aliphatic rings. The van der Waals surface area contributed by atoms with Crippen molar-refractivity contribution in [3.63, 3.8) is 0 Å².